The van der Waals surface area contributed by atoms with Crippen LogP contribution >= 0.6 is 0 Å². The summed E-state index contributed by atoms with van der Waals surface area (Å²) in [7, 11) is 0. The number of carbonyl (C=O) groups is 3. The lowest BCUT2D eigenvalue weighted by Gasteiger charge is -2.18. The highest BCUT2D eigenvalue weighted by atomic mass is 16.6. The zero-order valence-electron chi connectivity index (χ0n) is 42.8. The van der Waals surface area contributed by atoms with Gasteiger partial charge in [0.1, 0.15) is 13.2 Å². The number of unbranched alkanes of at least 4 members (excludes halogenated alkanes) is 34. The Kier molecular flexibility index (Phi) is 51.3. The van der Waals surface area contributed by atoms with Gasteiger partial charge in [-0.2, -0.15) is 0 Å². The van der Waals surface area contributed by atoms with Crippen molar-refractivity contribution >= 4 is 17.9 Å². The van der Waals surface area contributed by atoms with E-state index >= 15 is 0 Å². The molecule has 0 aliphatic carbocycles. The molecular formula is C58H106O6. The molecule has 64 heavy (non-hydrogen) atoms. The summed E-state index contributed by atoms with van der Waals surface area (Å²) in [6.45, 7) is 6.62. The number of hydrogen-bond acceptors (Lipinski definition) is 6. The van der Waals surface area contributed by atoms with Crippen LogP contribution < -0.4 is 0 Å². The van der Waals surface area contributed by atoms with Crippen molar-refractivity contribution in [2.24, 2.45) is 0 Å². The van der Waals surface area contributed by atoms with Crippen molar-refractivity contribution in [3.05, 3.63) is 36.5 Å². The Bertz CT molecular complexity index is 1080. The first-order chi connectivity index (χ1) is 31.5. The highest BCUT2D eigenvalue weighted by Crippen LogP contribution is 2.16. The quantitative estimate of drug-likeness (QED) is 0.0262. The number of esters is 3. The molecule has 0 unspecified atom stereocenters. The number of ether oxygens (including phenoxy) is 3. The molecular weight excluding hydrogens is 793 g/mol. The van der Waals surface area contributed by atoms with Crippen LogP contribution in [0.4, 0.5) is 0 Å². The van der Waals surface area contributed by atoms with E-state index in [0.717, 1.165) is 64.2 Å². The van der Waals surface area contributed by atoms with Crippen LogP contribution in [0.1, 0.15) is 297 Å². The molecule has 0 fully saturated rings. The molecule has 0 aromatic heterocycles. The first kappa shape index (κ1) is 61.6. The number of carbonyl (C=O) groups excluding carboxylic acids is 3. The molecule has 0 aliphatic rings. The lowest BCUT2D eigenvalue weighted by molar-refractivity contribution is -0.167. The van der Waals surface area contributed by atoms with Gasteiger partial charge in [0, 0.05) is 19.3 Å². The Morgan fingerprint density at radius 3 is 0.922 bits per heavy atom. The van der Waals surface area contributed by atoms with Crippen molar-refractivity contribution in [1.82, 2.24) is 0 Å². The molecule has 0 N–H and O–H groups in total. The maximum absolute atomic E-state index is 12.8. The third-order valence-corrected chi connectivity index (χ3v) is 12.4. The van der Waals surface area contributed by atoms with Crippen LogP contribution in [0.5, 0.6) is 0 Å². The minimum Gasteiger partial charge on any atom is -0.462 e. The molecule has 0 spiro atoms. The molecule has 0 saturated carbocycles. The minimum atomic E-state index is -0.772. The molecule has 0 aromatic carbocycles. The summed E-state index contributed by atoms with van der Waals surface area (Å²) in [5, 5.41) is 0. The molecule has 1 atom stereocenters. The summed E-state index contributed by atoms with van der Waals surface area (Å²) in [6.07, 6.45) is 62.7. The Morgan fingerprint density at radius 1 is 0.312 bits per heavy atom. The van der Waals surface area contributed by atoms with Gasteiger partial charge in [0.25, 0.3) is 0 Å². The molecule has 6 heteroatoms. The summed E-state index contributed by atoms with van der Waals surface area (Å²) in [5.74, 6) is -0.867. The summed E-state index contributed by atoms with van der Waals surface area (Å²) in [5.41, 5.74) is 0. The zero-order valence-corrected chi connectivity index (χ0v) is 42.8. The van der Waals surface area contributed by atoms with E-state index in [1.54, 1.807) is 0 Å². The highest BCUT2D eigenvalue weighted by molar-refractivity contribution is 5.71. The summed E-state index contributed by atoms with van der Waals surface area (Å²) >= 11 is 0. The second-order valence-corrected chi connectivity index (χ2v) is 18.8. The fourth-order valence-corrected chi connectivity index (χ4v) is 8.12. The van der Waals surface area contributed by atoms with Gasteiger partial charge in [0.2, 0.25) is 0 Å². The van der Waals surface area contributed by atoms with Crippen molar-refractivity contribution in [2.75, 3.05) is 13.2 Å². The van der Waals surface area contributed by atoms with Gasteiger partial charge in [-0.05, 0) is 77.0 Å². The number of rotatable bonds is 51. The van der Waals surface area contributed by atoms with Crippen molar-refractivity contribution < 1.29 is 28.6 Å². The van der Waals surface area contributed by atoms with E-state index in [-0.39, 0.29) is 31.1 Å². The van der Waals surface area contributed by atoms with Gasteiger partial charge in [0.15, 0.2) is 6.10 Å². The Balaban J connectivity index is 4.32. The molecule has 0 heterocycles. The molecule has 0 saturated heterocycles. The second-order valence-electron chi connectivity index (χ2n) is 18.8. The predicted octanol–water partition coefficient (Wildman–Crippen LogP) is 18.5. The second kappa shape index (κ2) is 53.2. The van der Waals surface area contributed by atoms with Crippen molar-refractivity contribution in [3.63, 3.8) is 0 Å². The average molecular weight is 899 g/mol. The molecule has 6 nitrogen and oxygen atoms in total. The number of allylic oxidation sites excluding steroid dienone is 6. The van der Waals surface area contributed by atoms with Gasteiger partial charge < -0.3 is 14.2 Å². The van der Waals surface area contributed by atoms with Gasteiger partial charge in [-0.3, -0.25) is 14.4 Å². The van der Waals surface area contributed by atoms with Crippen LogP contribution in [-0.2, 0) is 28.6 Å². The molecule has 0 amide bonds. The van der Waals surface area contributed by atoms with E-state index in [1.165, 1.54) is 193 Å². The van der Waals surface area contributed by atoms with Crippen LogP contribution in [0.3, 0.4) is 0 Å². The number of hydrogen-bond donors (Lipinski definition) is 0. The third-order valence-electron chi connectivity index (χ3n) is 12.4. The fourth-order valence-electron chi connectivity index (χ4n) is 8.12. The van der Waals surface area contributed by atoms with Gasteiger partial charge in [-0.1, -0.05) is 237 Å². The maximum atomic E-state index is 12.8. The molecule has 0 aliphatic heterocycles. The molecule has 0 aromatic rings. The van der Waals surface area contributed by atoms with Crippen molar-refractivity contribution in [2.45, 2.75) is 303 Å². The first-order valence-electron chi connectivity index (χ1n) is 28.0. The van der Waals surface area contributed by atoms with Crippen molar-refractivity contribution in [1.29, 1.82) is 0 Å². The predicted molar refractivity (Wildman–Crippen MR) is 275 cm³/mol. The Labute approximate surface area is 397 Å². The molecule has 0 bridgehead atoms. The van der Waals surface area contributed by atoms with Gasteiger partial charge in [-0.15, -0.1) is 0 Å². The van der Waals surface area contributed by atoms with E-state index in [1.807, 2.05) is 0 Å². The first-order valence-corrected chi connectivity index (χ1v) is 28.0. The SMILES string of the molecule is CCCCC/C=C\C/C=C\CCCCCCCCCCCC(=O)OC[C@H](COC(=O)CCCCCCCCCCCCCC)OC(=O)CCCCCCCCC/C=C\CCCCCC. The summed E-state index contributed by atoms with van der Waals surface area (Å²) in [4.78, 5) is 38.1. The standard InChI is InChI=1S/C58H106O6/c1-4-7-10-13-16-19-22-25-27-28-29-30-32-33-36-39-42-45-48-51-57(60)63-54-55(53-62-56(59)50-47-44-41-38-35-24-21-18-15-12-9-6-3)64-58(61)52-49-46-43-40-37-34-31-26-23-20-17-14-11-8-5-2/h16,19-20,23,25,27,55H,4-15,17-18,21-22,24,26,28-54H2,1-3H3/b19-16-,23-20-,27-25-/t55-/m0/s1. The Hall–Kier alpha value is -2.37. The van der Waals surface area contributed by atoms with Crippen LogP contribution in [0, 0.1) is 0 Å². The topological polar surface area (TPSA) is 78.9 Å². The average Bonchev–Trinajstić information content (AvgIpc) is 3.29. The minimum absolute atomic E-state index is 0.0717. The smallest absolute Gasteiger partial charge is 0.306 e. The van der Waals surface area contributed by atoms with Gasteiger partial charge in [0.05, 0.1) is 0 Å². The highest BCUT2D eigenvalue weighted by Gasteiger charge is 2.19. The summed E-state index contributed by atoms with van der Waals surface area (Å²) in [6, 6.07) is 0. The Morgan fingerprint density at radius 2 is 0.562 bits per heavy atom. The molecule has 0 rings (SSSR count). The van der Waals surface area contributed by atoms with E-state index in [2.05, 4.69) is 57.2 Å². The molecule has 374 valence electrons. The summed E-state index contributed by atoms with van der Waals surface area (Å²) < 4.78 is 16.8. The van der Waals surface area contributed by atoms with E-state index in [4.69, 9.17) is 14.2 Å². The molecule has 0 radical (unpaired) electrons. The fraction of sp³-hybridized carbons (Fsp3) is 0.845. The monoisotopic (exact) mass is 899 g/mol. The van der Waals surface area contributed by atoms with Crippen LogP contribution in [0.15, 0.2) is 36.5 Å². The van der Waals surface area contributed by atoms with E-state index in [0.29, 0.717) is 19.3 Å². The van der Waals surface area contributed by atoms with E-state index in [9.17, 15) is 14.4 Å². The lowest BCUT2D eigenvalue weighted by atomic mass is 10.0. The van der Waals surface area contributed by atoms with Gasteiger partial charge >= 0.3 is 17.9 Å². The normalized spacial score (nSPS) is 12.2. The van der Waals surface area contributed by atoms with Crippen LogP contribution in [-0.4, -0.2) is 37.2 Å². The zero-order chi connectivity index (χ0) is 46.5. The van der Waals surface area contributed by atoms with E-state index < -0.39 is 6.10 Å². The lowest BCUT2D eigenvalue weighted by Crippen LogP contribution is -2.30. The van der Waals surface area contributed by atoms with Crippen LogP contribution in [0.2, 0.25) is 0 Å². The van der Waals surface area contributed by atoms with Gasteiger partial charge in [-0.25, -0.2) is 0 Å². The maximum Gasteiger partial charge on any atom is 0.306 e. The van der Waals surface area contributed by atoms with Crippen LogP contribution in [0.25, 0.3) is 0 Å². The largest absolute Gasteiger partial charge is 0.462 e. The third kappa shape index (κ3) is 50.6. The van der Waals surface area contributed by atoms with Crippen molar-refractivity contribution in [3.8, 4) is 0 Å².